The minimum Gasteiger partial charge on any atom is -0.469 e. The highest BCUT2D eigenvalue weighted by Crippen LogP contribution is 2.57. The molecule has 1 heterocycles. The van der Waals surface area contributed by atoms with Gasteiger partial charge in [0.05, 0.1) is 12.4 Å². The van der Waals surface area contributed by atoms with Gasteiger partial charge in [-0.25, -0.2) is 0 Å². The Morgan fingerprint density at radius 2 is 2.39 bits per heavy atom. The van der Waals surface area contributed by atoms with Crippen LogP contribution in [0.15, 0.2) is 22.8 Å². The molecule has 18 heavy (non-hydrogen) atoms. The first-order valence-corrected chi connectivity index (χ1v) is 7.22. The molecule has 2 atom stereocenters. The molecule has 100 valence electrons. The van der Waals surface area contributed by atoms with Crippen molar-refractivity contribution in [1.82, 2.24) is 5.32 Å². The predicted molar refractivity (Wildman–Crippen MR) is 70.5 cm³/mol. The fraction of sp³-hybridized carbons (Fsp3) is 0.733. The van der Waals surface area contributed by atoms with Crippen molar-refractivity contribution < 1.29 is 9.15 Å². The zero-order chi connectivity index (χ0) is 12.4. The van der Waals surface area contributed by atoms with Crippen LogP contribution in [-0.2, 0) is 11.2 Å². The predicted octanol–water partition coefficient (Wildman–Crippen LogP) is 2.76. The third-order valence-corrected chi connectivity index (χ3v) is 4.78. The minimum absolute atomic E-state index is 0.471. The zero-order valence-corrected chi connectivity index (χ0v) is 11.2. The molecule has 0 bridgehead atoms. The van der Waals surface area contributed by atoms with Crippen LogP contribution < -0.4 is 5.32 Å². The average Bonchev–Trinajstić information content (AvgIpc) is 2.77. The lowest BCUT2D eigenvalue weighted by atomic mass is 9.51. The molecule has 2 saturated carbocycles. The molecule has 0 saturated heterocycles. The molecule has 2 unspecified atom stereocenters. The number of hydrogen-bond donors (Lipinski definition) is 1. The van der Waals surface area contributed by atoms with Crippen molar-refractivity contribution in [2.24, 2.45) is 5.41 Å². The Balaban J connectivity index is 1.46. The fourth-order valence-electron chi connectivity index (χ4n) is 3.55. The quantitative estimate of drug-likeness (QED) is 0.842. The number of nitrogens with one attached hydrogen (secondary N) is 1. The Hall–Kier alpha value is -0.800. The summed E-state index contributed by atoms with van der Waals surface area (Å²) in [5, 5.41) is 3.70. The Kier molecular flexibility index (Phi) is 3.44. The summed E-state index contributed by atoms with van der Waals surface area (Å²) < 4.78 is 11.2. The molecular weight excluding hydrogens is 226 g/mol. The maximum Gasteiger partial charge on any atom is 0.105 e. The van der Waals surface area contributed by atoms with Gasteiger partial charge >= 0.3 is 0 Å². The number of furan rings is 1. The van der Waals surface area contributed by atoms with Gasteiger partial charge < -0.3 is 14.5 Å². The van der Waals surface area contributed by atoms with E-state index in [1.165, 1.54) is 25.7 Å². The third kappa shape index (κ3) is 1.99. The molecule has 0 radical (unpaired) electrons. The normalized spacial score (nSPS) is 28.9. The second-order valence-electron chi connectivity index (χ2n) is 5.60. The van der Waals surface area contributed by atoms with Crippen molar-refractivity contribution in [2.75, 3.05) is 13.2 Å². The molecule has 0 amide bonds. The van der Waals surface area contributed by atoms with Crippen LogP contribution in [0.2, 0.25) is 0 Å². The van der Waals surface area contributed by atoms with Crippen LogP contribution in [0.1, 0.15) is 38.4 Å². The van der Waals surface area contributed by atoms with Crippen molar-refractivity contribution in [3.63, 3.8) is 0 Å². The molecule has 3 rings (SSSR count). The minimum atomic E-state index is 0.471. The van der Waals surface area contributed by atoms with Crippen LogP contribution in [0.3, 0.4) is 0 Å². The molecule has 0 aliphatic heterocycles. The van der Waals surface area contributed by atoms with E-state index in [1.54, 1.807) is 6.26 Å². The van der Waals surface area contributed by atoms with Gasteiger partial charge in [-0.15, -0.1) is 0 Å². The van der Waals surface area contributed by atoms with Gasteiger partial charge in [-0.2, -0.15) is 0 Å². The molecule has 1 N–H and O–H groups in total. The van der Waals surface area contributed by atoms with Gasteiger partial charge in [0.1, 0.15) is 5.76 Å². The fourth-order valence-corrected chi connectivity index (χ4v) is 3.55. The van der Waals surface area contributed by atoms with E-state index in [0.717, 1.165) is 25.3 Å². The summed E-state index contributed by atoms with van der Waals surface area (Å²) in [5.41, 5.74) is 0.471. The molecule has 1 aromatic rings. The van der Waals surface area contributed by atoms with Gasteiger partial charge in [0.2, 0.25) is 0 Å². The van der Waals surface area contributed by atoms with Gasteiger partial charge in [-0.1, -0.05) is 6.42 Å². The second-order valence-corrected chi connectivity index (χ2v) is 5.60. The van der Waals surface area contributed by atoms with Crippen LogP contribution in [0.4, 0.5) is 0 Å². The Morgan fingerprint density at radius 1 is 1.50 bits per heavy atom. The largest absolute Gasteiger partial charge is 0.469 e. The molecule has 2 aliphatic rings. The summed E-state index contributed by atoms with van der Waals surface area (Å²) in [6.07, 6.45) is 8.49. The third-order valence-electron chi connectivity index (χ3n) is 4.78. The van der Waals surface area contributed by atoms with Crippen molar-refractivity contribution in [3.05, 3.63) is 24.2 Å². The Bertz CT molecular complexity index is 370. The molecule has 1 aromatic heterocycles. The highest BCUT2D eigenvalue weighted by Gasteiger charge is 2.58. The van der Waals surface area contributed by atoms with Gasteiger partial charge in [-0.05, 0) is 38.3 Å². The van der Waals surface area contributed by atoms with Crippen LogP contribution in [0.5, 0.6) is 0 Å². The lowest BCUT2D eigenvalue weighted by Crippen LogP contribution is -2.67. The molecule has 3 nitrogen and oxygen atoms in total. The molecule has 1 spiro atoms. The van der Waals surface area contributed by atoms with E-state index in [9.17, 15) is 0 Å². The van der Waals surface area contributed by atoms with E-state index in [2.05, 4.69) is 12.2 Å². The zero-order valence-electron chi connectivity index (χ0n) is 11.2. The van der Waals surface area contributed by atoms with E-state index in [4.69, 9.17) is 9.15 Å². The average molecular weight is 249 g/mol. The summed E-state index contributed by atoms with van der Waals surface area (Å²) in [7, 11) is 0. The summed E-state index contributed by atoms with van der Waals surface area (Å²) in [5.74, 6) is 1.07. The summed E-state index contributed by atoms with van der Waals surface area (Å²) in [6.45, 7) is 3.97. The van der Waals surface area contributed by atoms with E-state index in [0.29, 0.717) is 17.6 Å². The highest BCUT2D eigenvalue weighted by molar-refractivity contribution is 5.12. The second kappa shape index (κ2) is 5.06. The van der Waals surface area contributed by atoms with Crippen LogP contribution >= 0.6 is 0 Å². The lowest BCUT2D eigenvalue weighted by Gasteiger charge is -2.61. The summed E-state index contributed by atoms with van der Waals surface area (Å²) in [6, 6.07) is 4.67. The smallest absolute Gasteiger partial charge is 0.105 e. The van der Waals surface area contributed by atoms with E-state index in [1.807, 2.05) is 12.1 Å². The van der Waals surface area contributed by atoms with Crippen molar-refractivity contribution in [1.29, 1.82) is 0 Å². The van der Waals surface area contributed by atoms with Crippen molar-refractivity contribution >= 4 is 0 Å². The first-order valence-electron chi connectivity index (χ1n) is 7.22. The number of rotatable bonds is 6. The standard InChI is InChI=1S/C15H23NO2/c1-2-17-14-11-13(15(14)7-4-8-15)16-9-6-12-5-3-10-18-12/h3,5,10,13-14,16H,2,4,6-9,11H2,1H3. The maximum absolute atomic E-state index is 5.86. The van der Waals surface area contributed by atoms with Crippen molar-refractivity contribution in [2.45, 2.75) is 51.2 Å². The Labute approximate surface area is 109 Å². The van der Waals surface area contributed by atoms with Crippen LogP contribution in [-0.4, -0.2) is 25.3 Å². The van der Waals surface area contributed by atoms with E-state index >= 15 is 0 Å². The molecular formula is C15H23NO2. The molecule has 3 heteroatoms. The highest BCUT2D eigenvalue weighted by atomic mass is 16.5. The van der Waals surface area contributed by atoms with Gasteiger partial charge in [-0.3, -0.25) is 0 Å². The van der Waals surface area contributed by atoms with Crippen LogP contribution in [0.25, 0.3) is 0 Å². The van der Waals surface area contributed by atoms with Crippen LogP contribution in [0, 0.1) is 5.41 Å². The summed E-state index contributed by atoms with van der Waals surface area (Å²) >= 11 is 0. The lowest BCUT2D eigenvalue weighted by molar-refractivity contribution is -0.172. The molecule has 2 aliphatic carbocycles. The number of hydrogen-bond acceptors (Lipinski definition) is 3. The molecule has 2 fully saturated rings. The van der Waals surface area contributed by atoms with E-state index < -0.39 is 0 Å². The monoisotopic (exact) mass is 249 g/mol. The van der Waals surface area contributed by atoms with Crippen molar-refractivity contribution in [3.8, 4) is 0 Å². The van der Waals surface area contributed by atoms with E-state index in [-0.39, 0.29) is 0 Å². The number of ether oxygens (including phenoxy) is 1. The van der Waals surface area contributed by atoms with Gasteiger partial charge in [0, 0.05) is 31.0 Å². The van der Waals surface area contributed by atoms with Gasteiger partial charge in [0.15, 0.2) is 0 Å². The first-order chi connectivity index (χ1) is 8.85. The SMILES string of the molecule is CCOC1CC(NCCc2ccco2)C12CCC2. The maximum atomic E-state index is 5.86. The topological polar surface area (TPSA) is 34.4 Å². The van der Waals surface area contributed by atoms with Gasteiger partial charge in [0.25, 0.3) is 0 Å². The first kappa shape index (κ1) is 12.2. The Morgan fingerprint density at radius 3 is 3.00 bits per heavy atom. The summed E-state index contributed by atoms with van der Waals surface area (Å²) in [4.78, 5) is 0. The molecule has 0 aromatic carbocycles.